The number of hydrogen-bond acceptors (Lipinski definition) is 3. The highest BCUT2D eigenvalue weighted by Gasteiger charge is 2.29. The number of ether oxygens (including phenoxy) is 1. The molecule has 0 saturated carbocycles. The first-order chi connectivity index (χ1) is 11.7. The average Bonchev–Trinajstić information content (AvgIpc) is 3.20. The van der Waals surface area contributed by atoms with Crippen molar-refractivity contribution in [3.63, 3.8) is 0 Å². The number of nitrogens with zero attached hydrogens (tertiary/aromatic N) is 3. The van der Waals surface area contributed by atoms with Crippen molar-refractivity contribution in [3.8, 4) is 5.88 Å². The fourth-order valence-electron chi connectivity index (χ4n) is 3.12. The summed E-state index contributed by atoms with van der Waals surface area (Å²) in [4.78, 5) is 18.9. The van der Waals surface area contributed by atoms with E-state index in [4.69, 9.17) is 4.74 Å². The van der Waals surface area contributed by atoms with Crippen LogP contribution in [0.15, 0.2) is 54.9 Å². The van der Waals surface area contributed by atoms with Crippen LogP contribution in [0.1, 0.15) is 22.5 Å². The number of rotatable bonds is 3. The quantitative estimate of drug-likeness (QED) is 0.745. The molecule has 3 aromatic rings. The first kappa shape index (κ1) is 14.8. The van der Waals surface area contributed by atoms with E-state index < -0.39 is 0 Å². The Kier molecular flexibility index (Phi) is 3.69. The average molecular weight is 321 g/mol. The molecular formula is C19H19N3O2. The van der Waals surface area contributed by atoms with Gasteiger partial charge < -0.3 is 14.0 Å². The molecule has 1 atom stereocenters. The highest BCUT2D eigenvalue weighted by atomic mass is 16.5. The van der Waals surface area contributed by atoms with Crippen molar-refractivity contribution in [2.24, 2.45) is 0 Å². The van der Waals surface area contributed by atoms with Gasteiger partial charge in [0.05, 0.1) is 12.1 Å². The summed E-state index contributed by atoms with van der Waals surface area (Å²) in [5.41, 5.74) is 2.67. The molecule has 1 unspecified atom stereocenters. The Balaban J connectivity index is 1.45. The van der Waals surface area contributed by atoms with Crippen molar-refractivity contribution in [1.82, 2.24) is 14.3 Å². The molecule has 4 heterocycles. The second-order valence-corrected chi connectivity index (χ2v) is 6.16. The fourth-order valence-corrected chi connectivity index (χ4v) is 3.12. The summed E-state index contributed by atoms with van der Waals surface area (Å²) in [7, 11) is 0. The third-order valence-electron chi connectivity index (χ3n) is 4.33. The van der Waals surface area contributed by atoms with Gasteiger partial charge in [-0.15, -0.1) is 0 Å². The van der Waals surface area contributed by atoms with E-state index in [2.05, 4.69) is 4.98 Å². The molecule has 1 fully saturated rings. The van der Waals surface area contributed by atoms with E-state index in [9.17, 15) is 4.79 Å². The molecule has 0 bridgehead atoms. The highest BCUT2D eigenvalue weighted by molar-refractivity contribution is 5.95. The maximum Gasteiger partial charge on any atom is 0.255 e. The minimum atomic E-state index is 0.000261. The van der Waals surface area contributed by atoms with Gasteiger partial charge in [0.25, 0.3) is 5.91 Å². The molecule has 0 radical (unpaired) electrons. The summed E-state index contributed by atoms with van der Waals surface area (Å²) in [6, 6.07) is 13.6. The van der Waals surface area contributed by atoms with Gasteiger partial charge in [-0.3, -0.25) is 4.79 Å². The minimum Gasteiger partial charge on any atom is -0.472 e. The number of likely N-dealkylation sites (tertiary alicyclic amines) is 1. The molecule has 5 nitrogen and oxygen atoms in total. The van der Waals surface area contributed by atoms with Gasteiger partial charge in [-0.25, -0.2) is 4.98 Å². The predicted octanol–water partition coefficient (Wildman–Crippen LogP) is 2.94. The predicted molar refractivity (Wildman–Crippen MR) is 91.3 cm³/mol. The van der Waals surface area contributed by atoms with E-state index in [0.29, 0.717) is 19.0 Å². The van der Waals surface area contributed by atoms with Crippen LogP contribution >= 0.6 is 0 Å². The van der Waals surface area contributed by atoms with Crippen LogP contribution in [0.3, 0.4) is 0 Å². The topological polar surface area (TPSA) is 46.8 Å². The van der Waals surface area contributed by atoms with Crippen LogP contribution in [-0.2, 0) is 0 Å². The SMILES string of the molecule is Cc1cccc(OC2CCN(C(=O)c3cc4ccccn4c3)C2)n1. The summed E-state index contributed by atoms with van der Waals surface area (Å²) in [6.45, 7) is 3.25. The van der Waals surface area contributed by atoms with E-state index in [1.54, 1.807) is 0 Å². The van der Waals surface area contributed by atoms with E-state index in [-0.39, 0.29) is 12.0 Å². The zero-order chi connectivity index (χ0) is 16.5. The normalized spacial score (nSPS) is 17.4. The van der Waals surface area contributed by atoms with E-state index in [1.807, 2.05) is 71.1 Å². The van der Waals surface area contributed by atoms with Crippen molar-refractivity contribution >= 4 is 11.4 Å². The fraction of sp³-hybridized carbons (Fsp3) is 0.263. The Morgan fingerprint density at radius 1 is 1.25 bits per heavy atom. The molecule has 1 aliphatic heterocycles. The minimum absolute atomic E-state index is 0.000261. The van der Waals surface area contributed by atoms with Crippen LogP contribution in [-0.4, -0.2) is 39.4 Å². The lowest BCUT2D eigenvalue weighted by Gasteiger charge is -2.16. The van der Waals surface area contributed by atoms with Gasteiger partial charge in [0.15, 0.2) is 0 Å². The monoisotopic (exact) mass is 321 g/mol. The summed E-state index contributed by atoms with van der Waals surface area (Å²) in [5, 5.41) is 0. The highest BCUT2D eigenvalue weighted by Crippen LogP contribution is 2.20. The van der Waals surface area contributed by atoms with Crippen LogP contribution in [0.2, 0.25) is 0 Å². The van der Waals surface area contributed by atoms with Crippen LogP contribution in [0.5, 0.6) is 5.88 Å². The molecule has 1 aliphatic rings. The number of aryl methyl sites for hydroxylation is 1. The smallest absolute Gasteiger partial charge is 0.255 e. The van der Waals surface area contributed by atoms with Gasteiger partial charge in [0, 0.05) is 42.6 Å². The van der Waals surface area contributed by atoms with E-state index in [1.165, 1.54) is 0 Å². The van der Waals surface area contributed by atoms with Gasteiger partial charge in [-0.1, -0.05) is 12.1 Å². The molecule has 0 aliphatic carbocycles. The van der Waals surface area contributed by atoms with Crippen molar-refractivity contribution in [3.05, 3.63) is 66.1 Å². The van der Waals surface area contributed by atoms with Crippen LogP contribution in [0, 0.1) is 6.92 Å². The Morgan fingerprint density at radius 2 is 2.17 bits per heavy atom. The summed E-state index contributed by atoms with van der Waals surface area (Å²) < 4.78 is 7.89. The molecular weight excluding hydrogens is 302 g/mol. The maximum atomic E-state index is 12.7. The summed E-state index contributed by atoms with van der Waals surface area (Å²) >= 11 is 0. The van der Waals surface area contributed by atoms with Gasteiger partial charge in [0.1, 0.15) is 6.10 Å². The molecule has 3 aromatic heterocycles. The Bertz CT molecular complexity index is 854. The van der Waals surface area contributed by atoms with Crippen LogP contribution in [0.4, 0.5) is 0 Å². The van der Waals surface area contributed by atoms with Crippen molar-refractivity contribution in [2.45, 2.75) is 19.4 Å². The van der Waals surface area contributed by atoms with Crippen molar-refractivity contribution in [2.75, 3.05) is 13.1 Å². The molecule has 1 amide bonds. The molecule has 4 rings (SSSR count). The lowest BCUT2D eigenvalue weighted by atomic mass is 10.3. The zero-order valence-electron chi connectivity index (χ0n) is 13.6. The summed E-state index contributed by atoms with van der Waals surface area (Å²) in [5.74, 6) is 0.686. The molecule has 5 heteroatoms. The van der Waals surface area contributed by atoms with Crippen LogP contribution in [0.25, 0.3) is 5.52 Å². The van der Waals surface area contributed by atoms with E-state index >= 15 is 0 Å². The third-order valence-corrected chi connectivity index (χ3v) is 4.33. The molecule has 0 N–H and O–H groups in total. The number of carbonyl (C=O) groups is 1. The second kappa shape index (κ2) is 6.00. The van der Waals surface area contributed by atoms with Crippen molar-refractivity contribution < 1.29 is 9.53 Å². The lowest BCUT2D eigenvalue weighted by molar-refractivity contribution is 0.0771. The molecule has 0 spiro atoms. The van der Waals surface area contributed by atoms with Crippen molar-refractivity contribution in [1.29, 1.82) is 0 Å². The Labute approximate surface area is 140 Å². The number of hydrogen-bond donors (Lipinski definition) is 0. The molecule has 1 saturated heterocycles. The molecule has 24 heavy (non-hydrogen) atoms. The van der Waals surface area contributed by atoms with Gasteiger partial charge in [-0.2, -0.15) is 0 Å². The van der Waals surface area contributed by atoms with Gasteiger partial charge in [-0.05, 0) is 31.2 Å². The number of carbonyl (C=O) groups excluding carboxylic acids is 1. The Morgan fingerprint density at radius 3 is 3.00 bits per heavy atom. The first-order valence-corrected chi connectivity index (χ1v) is 8.15. The lowest BCUT2D eigenvalue weighted by Crippen LogP contribution is -2.30. The largest absolute Gasteiger partial charge is 0.472 e. The Hall–Kier alpha value is -2.82. The molecule has 122 valence electrons. The number of pyridine rings is 2. The standard InChI is InChI=1S/C19H19N3O2/c1-14-5-4-7-18(20-14)24-17-8-10-22(13-17)19(23)15-11-16-6-2-3-9-21(16)12-15/h2-7,9,11-12,17H,8,10,13H2,1H3. The second-order valence-electron chi connectivity index (χ2n) is 6.16. The third kappa shape index (κ3) is 2.85. The zero-order valence-corrected chi connectivity index (χ0v) is 13.6. The number of fused-ring (bicyclic) bond motifs is 1. The molecule has 0 aromatic carbocycles. The van der Waals surface area contributed by atoms with Gasteiger partial charge in [0.2, 0.25) is 5.88 Å². The van der Waals surface area contributed by atoms with Crippen LogP contribution < -0.4 is 4.74 Å². The maximum absolute atomic E-state index is 12.7. The number of amides is 1. The first-order valence-electron chi connectivity index (χ1n) is 8.15. The van der Waals surface area contributed by atoms with Gasteiger partial charge >= 0.3 is 0 Å². The van der Waals surface area contributed by atoms with E-state index in [0.717, 1.165) is 23.2 Å². The summed E-state index contributed by atoms with van der Waals surface area (Å²) in [6.07, 6.45) is 4.66. The number of aromatic nitrogens is 2.